The van der Waals surface area contributed by atoms with Gasteiger partial charge in [0.05, 0.1) is 0 Å². The maximum atomic E-state index is 2.35. The van der Waals surface area contributed by atoms with Crippen LogP contribution in [0.25, 0.3) is 0 Å². The van der Waals surface area contributed by atoms with Gasteiger partial charge in [0.25, 0.3) is 0 Å². The van der Waals surface area contributed by atoms with Crippen molar-refractivity contribution in [3.63, 3.8) is 0 Å². The standard InChI is InChI=1S/C10H23N.C2H6/c1-6-8-9-10(3,7-2)11(4)5;1-2/h6-9H2,1-5H3;1-2H3. The SMILES string of the molecule is CC.CCCCC(C)(CC)N(C)C. The number of nitrogens with zero attached hydrogens (tertiary/aromatic N) is 1. The second-order valence-electron chi connectivity index (χ2n) is 3.85. The second kappa shape index (κ2) is 8.55. The summed E-state index contributed by atoms with van der Waals surface area (Å²) in [6, 6.07) is 0. The lowest BCUT2D eigenvalue weighted by Gasteiger charge is -2.35. The maximum Gasteiger partial charge on any atom is 0.0172 e. The molecule has 0 rings (SSSR count). The van der Waals surface area contributed by atoms with Crippen LogP contribution in [0.1, 0.15) is 60.3 Å². The van der Waals surface area contributed by atoms with E-state index in [2.05, 4.69) is 39.8 Å². The molecule has 0 bridgehead atoms. The van der Waals surface area contributed by atoms with Gasteiger partial charge in [-0.05, 0) is 33.9 Å². The molecule has 0 aromatic rings. The molecule has 82 valence electrons. The van der Waals surface area contributed by atoms with Gasteiger partial charge < -0.3 is 4.90 Å². The van der Waals surface area contributed by atoms with Crippen molar-refractivity contribution in [2.24, 2.45) is 0 Å². The van der Waals surface area contributed by atoms with Crippen LogP contribution in [0.3, 0.4) is 0 Å². The van der Waals surface area contributed by atoms with E-state index in [0.29, 0.717) is 5.54 Å². The van der Waals surface area contributed by atoms with E-state index in [1.165, 1.54) is 25.7 Å². The summed E-state index contributed by atoms with van der Waals surface area (Å²) in [6.07, 6.45) is 5.24. The molecule has 1 unspecified atom stereocenters. The first kappa shape index (κ1) is 15.4. The Balaban J connectivity index is 0. The Morgan fingerprint density at radius 1 is 1.08 bits per heavy atom. The monoisotopic (exact) mass is 187 g/mol. The van der Waals surface area contributed by atoms with Gasteiger partial charge in [0, 0.05) is 5.54 Å². The smallest absolute Gasteiger partial charge is 0.0172 e. The predicted octanol–water partition coefficient (Wildman–Crippen LogP) is 3.93. The molecule has 0 radical (unpaired) electrons. The second-order valence-corrected chi connectivity index (χ2v) is 3.85. The third-order valence-electron chi connectivity index (χ3n) is 2.91. The molecule has 0 fully saturated rings. The van der Waals surface area contributed by atoms with Crippen molar-refractivity contribution in [3.8, 4) is 0 Å². The van der Waals surface area contributed by atoms with Crippen molar-refractivity contribution in [2.75, 3.05) is 14.1 Å². The lowest BCUT2D eigenvalue weighted by Crippen LogP contribution is -2.40. The molecule has 0 aliphatic heterocycles. The van der Waals surface area contributed by atoms with Gasteiger partial charge in [0.15, 0.2) is 0 Å². The van der Waals surface area contributed by atoms with Gasteiger partial charge in [-0.1, -0.05) is 40.5 Å². The van der Waals surface area contributed by atoms with Crippen molar-refractivity contribution >= 4 is 0 Å². The van der Waals surface area contributed by atoms with Crippen molar-refractivity contribution in [1.82, 2.24) is 4.90 Å². The highest BCUT2D eigenvalue weighted by atomic mass is 15.1. The normalized spacial score (nSPS) is 14.8. The molecule has 0 aliphatic carbocycles. The van der Waals surface area contributed by atoms with Gasteiger partial charge in [-0.3, -0.25) is 0 Å². The quantitative estimate of drug-likeness (QED) is 0.630. The summed E-state index contributed by atoms with van der Waals surface area (Å²) >= 11 is 0. The van der Waals surface area contributed by atoms with Gasteiger partial charge in [-0.15, -0.1) is 0 Å². The minimum atomic E-state index is 0.427. The minimum absolute atomic E-state index is 0.427. The lowest BCUT2D eigenvalue weighted by atomic mass is 9.91. The van der Waals surface area contributed by atoms with Crippen LogP contribution in [0.15, 0.2) is 0 Å². The van der Waals surface area contributed by atoms with Crippen LogP contribution in [0.2, 0.25) is 0 Å². The zero-order chi connectivity index (χ0) is 10.9. The molecule has 1 atom stereocenters. The largest absolute Gasteiger partial charge is 0.304 e. The third kappa shape index (κ3) is 6.09. The minimum Gasteiger partial charge on any atom is -0.304 e. The summed E-state index contributed by atoms with van der Waals surface area (Å²) in [5.41, 5.74) is 0.427. The Morgan fingerprint density at radius 2 is 1.54 bits per heavy atom. The van der Waals surface area contributed by atoms with Crippen LogP contribution in [0.4, 0.5) is 0 Å². The number of hydrogen-bond acceptors (Lipinski definition) is 1. The van der Waals surface area contributed by atoms with E-state index in [4.69, 9.17) is 0 Å². The Labute approximate surface area is 85.5 Å². The lowest BCUT2D eigenvalue weighted by molar-refractivity contribution is 0.151. The first-order chi connectivity index (χ1) is 6.06. The molecular weight excluding hydrogens is 158 g/mol. The van der Waals surface area contributed by atoms with Crippen molar-refractivity contribution in [1.29, 1.82) is 0 Å². The third-order valence-corrected chi connectivity index (χ3v) is 2.91. The van der Waals surface area contributed by atoms with Crippen molar-refractivity contribution in [2.45, 2.75) is 65.8 Å². The topological polar surface area (TPSA) is 3.24 Å². The van der Waals surface area contributed by atoms with Gasteiger partial charge in [0.2, 0.25) is 0 Å². The van der Waals surface area contributed by atoms with E-state index >= 15 is 0 Å². The molecule has 0 heterocycles. The molecule has 0 N–H and O–H groups in total. The first-order valence-electron chi connectivity index (χ1n) is 5.74. The summed E-state index contributed by atoms with van der Waals surface area (Å²) in [4.78, 5) is 2.35. The van der Waals surface area contributed by atoms with E-state index in [9.17, 15) is 0 Å². The Kier molecular flexibility index (Phi) is 10.2. The molecule has 0 saturated heterocycles. The number of unbranched alkanes of at least 4 members (excludes halogenated alkanes) is 1. The first-order valence-corrected chi connectivity index (χ1v) is 5.74. The Hall–Kier alpha value is -0.0400. The highest BCUT2D eigenvalue weighted by Gasteiger charge is 2.22. The molecule has 0 aromatic heterocycles. The van der Waals surface area contributed by atoms with E-state index in [1.54, 1.807) is 0 Å². The van der Waals surface area contributed by atoms with Crippen LogP contribution < -0.4 is 0 Å². The number of rotatable bonds is 5. The van der Waals surface area contributed by atoms with Crippen molar-refractivity contribution < 1.29 is 0 Å². The van der Waals surface area contributed by atoms with Gasteiger partial charge >= 0.3 is 0 Å². The maximum absolute atomic E-state index is 2.35. The summed E-state index contributed by atoms with van der Waals surface area (Å²) in [5.74, 6) is 0. The summed E-state index contributed by atoms with van der Waals surface area (Å²) in [5, 5.41) is 0. The molecule has 0 spiro atoms. The zero-order valence-electron chi connectivity index (χ0n) is 10.8. The van der Waals surface area contributed by atoms with Gasteiger partial charge in [-0.25, -0.2) is 0 Å². The van der Waals surface area contributed by atoms with Gasteiger partial charge in [-0.2, -0.15) is 0 Å². The predicted molar refractivity (Wildman–Crippen MR) is 63.3 cm³/mol. The fourth-order valence-electron chi connectivity index (χ4n) is 1.27. The van der Waals surface area contributed by atoms with Crippen LogP contribution in [0, 0.1) is 0 Å². The van der Waals surface area contributed by atoms with Crippen LogP contribution >= 0.6 is 0 Å². The van der Waals surface area contributed by atoms with Crippen molar-refractivity contribution in [3.05, 3.63) is 0 Å². The fourth-order valence-corrected chi connectivity index (χ4v) is 1.27. The molecule has 0 amide bonds. The van der Waals surface area contributed by atoms with Crippen LogP contribution in [0.5, 0.6) is 0 Å². The van der Waals surface area contributed by atoms with Crippen LogP contribution in [-0.2, 0) is 0 Å². The highest BCUT2D eigenvalue weighted by molar-refractivity contribution is 4.80. The Morgan fingerprint density at radius 3 is 1.77 bits per heavy atom. The van der Waals surface area contributed by atoms with E-state index in [0.717, 1.165) is 0 Å². The molecular formula is C12H29N. The summed E-state index contributed by atoms with van der Waals surface area (Å²) in [6.45, 7) is 10.9. The molecule has 0 aliphatic rings. The molecule has 13 heavy (non-hydrogen) atoms. The molecule has 0 saturated carbocycles. The van der Waals surface area contributed by atoms with E-state index in [1.807, 2.05) is 13.8 Å². The fraction of sp³-hybridized carbons (Fsp3) is 1.00. The zero-order valence-corrected chi connectivity index (χ0v) is 10.8. The number of hydrogen-bond donors (Lipinski definition) is 0. The Bertz CT molecular complexity index is 99.3. The summed E-state index contributed by atoms with van der Waals surface area (Å²) < 4.78 is 0. The highest BCUT2D eigenvalue weighted by Crippen LogP contribution is 2.22. The van der Waals surface area contributed by atoms with Gasteiger partial charge in [0.1, 0.15) is 0 Å². The average Bonchev–Trinajstić information content (AvgIpc) is 2.17. The average molecular weight is 187 g/mol. The summed E-state index contributed by atoms with van der Waals surface area (Å²) in [7, 11) is 4.36. The van der Waals surface area contributed by atoms with Crippen LogP contribution in [-0.4, -0.2) is 24.5 Å². The molecule has 1 heteroatoms. The van der Waals surface area contributed by atoms with E-state index < -0.39 is 0 Å². The van der Waals surface area contributed by atoms with E-state index in [-0.39, 0.29) is 0 Å². The molecule has 0 aromatic carbocycles. The molecule has 1 nitrogen and oxygen atoms in total.